The average Bonchev–Trinajstić information content (AvgIpc) is 2.14. The molecular formula is C8H17NO. The fraction of sp³-hybridized carbons (Fsp3) is 1.00. The van der Waals surface area contributed by atoms with Crippen molar-refractivity contribution >= 4 is 0 Å². The summed E-state index contributed by atoms with van der Waals surface area (Å²) < 4.78 is 0. The van der Waals surface area contributed by atoms with Crippen LogP contribution in [-0.2, 0) is 0 Å². The van der Waals surface area contributed by atoms with E-state index in [1.807, 2.05) is 6.92 Å². The van der Waals surface area contributed by atoms with E-state index in [2.05, 4.69) is 18.9 Å². The topological polar surface area (TPSA) is 23.5 Å². The van der Waals surface area contributed by atoms with Crippen LogP contribution in [0.5, 0.6) is 0 Å². The molecule has 0 aromatic heterocycles. The Balaban J connectivity index is 2.49. The van der Waals surface area contributed by atoms with Gasteiger partial charge in [0, 0.05) is 12.1 Å². The molecule has 1 rings (SSSR count). The minimum atomic E-state index is -0.171. The maximum Gasteiger partial charge on any atom is 0.0667 e. The Morgan fingerprint density at radius 2 is 2.10 bits per heavy atom. The summed E-state index contributed by atoms with van der Waals surface area (Å²) in [6, 6.07) is 1.05. The highest BCUT2D eigenvalue weighted by molar-refractivity contribution is 4.85. The van der Waals surface area contributed by atoms with E-state index in [-0.39, 0.29) is 6.10 Å². The van der Waals surface area contributed by atoms with E-state index in [1.165, 1.54) is 6.42 Å². The van der Waals surface area contributed by atoms with Gasteiger partial charge in [0.1, 0.15) is 0 Å². The number of likely N-dealkylation sites (tertiary alicyclic amines) is 1. The Bertz CT molecular complexity index is 114. The largest absolute Gasteiger partial charge is 0.392 e. The number of nitrogens with zero attached hydrogens (tertiary/aromatic N) is 1. The quantitative estimate of drug-likeness (QED) is 0.588. The second-order valence-corrected chi connectivity index (χ2v) is 3.40. The summed E-state index contributed by atoms with van der Waals surface area (Å²) in [6.07, 6.45) is 2.21. The lowest BCUT2D eigenvalue weighted by Crippen LogP contribution is -2.37. The molecule has 0 aromatic rings. The SMILES string of the molecule is C[C@H](O)[C@H]1CC[C@@H](C)N1C. The molecule has 0 unspecified atom stereocenters. The molecule has 2 nitrogen and oxygen atoms in total. The molecular weight excluding hydrogens is 126 g/mol. The van der Waals surface area contributed by atoms with Gasteiger partial charge in [0.05, 0.1) is 6.10 Å². The summed E-state index contributed by atoms with van der Waals surface area (Å²) in [5, 5.41) is 9.30. The van der Waals surface area contributed by atoms with Gasteiger partial charge in [-0.3, -0.25) is 4.90 Å². The smallest absolute Gasteiger partial charge is 0.0667 e. The van der Waals surface area contributed by atoms with E-state index < -0.39 is 0 Å². The third-order valence-electron chi connectivity index (χ3n) is 2.66. The second-order valence-electron chi connectivity index (χ2n) is 3.40. The Labute approximate surface area is 62.8 Å². The lowest BCUT2D eigenvalue weighted by atomic mass is 10.1. The molecule has 1 saturated heterocycles. The van der Waals surface area contributed by atoms with Crippen molar-refractivity contribution in [3.8, 4) is 0 Å². The third-order valence-corrected chi connectivity index (χ3v) is 2.66. The van der Waals surface area contributed by atoms with Gasteiger partial charge in [0.25, 0.3) is 0 Å². The van der Waals surface area contributed by atoms with Crippen LogP contribution in [0, 0.1) is 0 Å². The van der Waals surface area contributed by atoms with E-state index in [9.17, 15) is 5.11 Å². The van der Waals surface area contributed by atoms with Crippen molar-refractivity contribution < 1.29 is 5.11 Å². The van der Waals surface area contributed by atoms with Crippen LogP contribution in [0.4, 0.5) is 0 Å². The van der Waals surface area contributed by atoms with Crippen molar-refractivity contribution in [3.63, 3.8) is 0 Å². The predicted octanol–water partition coefficient (Wildman–Crippen LogP) is 0.850. The Morgan fingerprint density at radius 1 is 1.50 bits per heavy atom. The molecule has 0 spiro atoms. The highest BCUT2D eigenvalue weighted by Gasteiger charge is 2.29. The molecule has 0 bridgehead atoms. The molecule has 10 heavy (non-hydrogen) atoms. The number of hydrogen-bond acceptors (Lipinski definition) is 2. The van der Waals surface area contributed by atoms with Crippen LogP contribution in [0.2, 0.25) is 0 Å². The van der Waals surface area contributed by atoms with Gasteiger partial charge in [-0.05, 0) is 33.7 Å². The first-order valence-corrected chi connectivity index (χ1v) is 4.03. The lowest BCUT2D eigenvalue weighted by Gasteiger charge is -2.25. The molecule has 2 heteroatoms. The Kier molecular flexibility index (Phi) is 2.32. The fourth-order valence-corrected chi connectivity index (χ4v) is 1.73. The minimum absolute atomic E-state index is 0.171. The summed E-state index contributed by atoms with van der Waals surface area (Å²) >= 11 is 0. The van der Waals surface area contributed by atoms with E-state index >= 15 is 0 Å². The maximum absolute atomic E-state index is 9.30. The first-order valence-electron chi connectivity index (χ1n) is 4.03. The van der Waals surface area contributed by atoms with E-state index in [0.29, 0.717) is 12.1 Å². The highest BCUT2D eigenvalue weighted by Crippen LogP contribution is 2.23. The zero-order chi connectivity index (χ0) is 7.72. The molecule has 1 aliphatic heterocycles. The van der Waals surface area contributed by atoms with Crippen LogP contribution < -0.4 is 0 Å². The average molecular weight is 143 g/mol. The van der Waals surface area contributed by atoms with Gasteiger partial charge in [-0.15, -0.1) is 0 Å². The molecule has 0 amide bonds. The number of aliphatic hydroxyl groups is 1. The summed E-state index contributed by atoms with van der Waals surface area (Å²) in [7, 11) is 2.09. The number of rotatable bonds is 1. The normalized spacial score (nSPS) is 38.4. The summed E-state index contributed by atoms with van der Waals surface area (Å²) in [6.45, 7) is 4.08. The van der Waals surface area contributed by atoms with Crippen LogP contribution >= 0.6 is 0 Å². The number of aliphatic hydroxyl groups excluding tert-OH is 1. The van der Waals surface area contributed by atoms with Gasteiger partial charge in [-0.2, -0.15) is 0 Å². The molecule has 1 fully saturated rings. The summed E-state index contributed by atoms with van der Waals surface area (Å²) in [4.78, 5) is 2.27. The summed E-state index contributed by atoms with van der Waals surface area (Å²) in [5.74, 6) is 0. The minimum Gasteiger partial charge on any atom is -0.392 e. The van der Waals surface area contributed by atoms with Gasteiger partial charge in [0.15, 0.2) is 0 Å². The molecule has 1 heterocycles. The Morgan fingerprint density at radius 3 is 2.30 bits per heavy atom. The Hall–Kier alpha value is -0.0800. The van der Waals surface area contributed by atoms with Gasteiger partial charge >= 0.3 is 0 Å². The summed E-state index contributed by atoms with van der Waals surface area (Å²) in [5.41, 5.74) is 0. The molecule has 0 aliphatic carbocycles. The van der Waals surface area contributed by atoms with Crippen molar-refractivity contribution in [2.45, 2.75) is 44.9 Å². The molecule has 60 valence electrons. The van der Waals surface area contributed by atoms with Crippen molar-refractivity contribution in [1.82, 2.24) is 4.90 Å². The molecule has 1 aliphatic rings. The standard InChI is InChI=1S/C8H17NO/c1-6-4-5-8(7(2)10)9(6)3/h6-8,10H,4-5H2,1-3H3/t6-,7+,8-/m1/s1. The van der Waals surface area contributed by atoms with Crippen LogP contribution in [0.15, 0.2) is 0 Å². The van der Waals surface area contributed by atoms with E-state index in [4.69, 9.17) is 0 Å². The van der Waals surface area contributed by atoms with Gasteiger partial charge in [-0.25, -0.2) is 0 Å². The predicted molar refractivity (Wildman–Crippen MR) is 41.9 cm³/mol. The fourth-order valence-electron chi connectivity index (χ4n) is 1.73. The zero-order valence-corrected chi connectivity index (χ0v) is 7.04. The molecule has 3 atom stereocenters. The molecule has 0 radical (unpaired) electrons. The number of likely N-dealkylation sites (N-methyl/N-ethyl adjacent to an activating group) is 1. The second kappa shape index (κ2) is 2.89. The monoisotopic (exact) mass is 143 g/mol. The van der Waals surface area contributed by atoms with E-state index in [0.717, 1.165) is 6.42 Å². The molecule has 0 saturated carbocycles. The van der Waals surface area contributed by atoms with Gasteiger partial charge in [-0.1, -0.05) is 0 Å². The van der Waals surface area contributed by atoms with Gasteiger partial charge < -0.3 is 5.11 Å². The third kappa shape index (κ3) is 1.32. The molecule has 0 aromatic carbocycles. The van der Waals surface area contributed by atoms with Crippen LogP contribution in [0.1, 0.15) is 26.7 Å². The first kappa shape index (κ1) is 8.02. The lowest BCUT2D eigenvalue weighted by molar-refractivity contribution is 0.0885. The maximum atomic E-state index is 9.30. The van der Waals surface area contributed by atoms with Crippen molar-refractivity contribution in [3.05, 3.63) is 0 Å². The highest BCUT2D eigenvalue weighted by atomic mass is 16.3. The van der Waals surface area contributed by atoms with E-state index in [1.54, 1.807) is 0 Å². The van der Waals surface area contributed by atoms with Crippen LogP contribution in [0.3, 0.4) is 0 Å². The van der Waals surface area contributed by atoms with Crippen LogP contribution in [-0.4, -0.2) is 35.2 Å². The molecule has 1 N–H and O–H groups in total. The van der Waals surface area contributed by atoms with Crippen molar-refractivity contribution in [1.29, 1.82) is 0 Å². The van der Waals surface area contributed by atoms with Crippen molar-refractivity contribution in [2.75, 3.05) is 7.05 Å². The first-order chi connectivity index (χ1) is 4.63. The van der Waals surface area contributed by atoms with Crippen LogP contribution in [0.25, 0.3) is 0 Å². The zero-order valence-electron chi connectivity index (χ0n) is 7.04. The number of hydrogen-bond donors (Lipinski definition) is 1. The van der Waals surface area contributed by atoms with Crippen molar-refractivity contribution in [2.24, 2.45) is 0 Å². The van der Waals surface area contributed by atoms with Gasteiger partial charge in [0.2, 0.25) is 0 Å².